The molecule has 0 bridgehead atoms. The van der Waals surface area contributed by atoms with Gasteiger partial charge in [-0.15, -0.1) is 0 Å². The van der Waals surface area contributed by atoms with E-state index in [2.05, 4.69) is 4.98 Å². The van der Waals surface area contributed by atoms with E-state index in [1.807, 2.05) is 30.5 Å². The molecule has 174 valence electrons. The number of carbonyl (C=O) groups is 2. The van der Waals surface area contributed by atoms with Crippen LogP contribution in [0.15, 0.2) is 46.5 Å². The Kier molecular flexibility index (Phi) is 6.35. The highest BCUT2D eigenvalue weighted by molar-refractivity contribution is 8.00. The molecule has 0 aliphatic carbocycles. The number of anilines is 1. The maximum absolute atomic E-state index is 13.2. The molecule has 1 aromatic heterocycles. The molecule has 1 unspecified atom stereocenters. The van der Waals surface area contributed by atoms with Crippen LogP contribution in [-0.4, -0.2) is 41.5 Å². The highest BCUT2D eigenvalue weighted by Gasteiger charge is 2.26. The van der Waals surface area contributed by atoms with Crippen LogP contribution < -0.4 is 10.0 Å². The van der Waals surface area contributed by atoms with Gasteiger partial charge in [-0.3, -0.25) is 9.59 Å². The van der Waals surface area contributed by atoms with Gasteiger partial charge < -0.3 is 9.47 Å². The second kappa shape index (κ2) is 8.92. The van der Waals surface area contributed by atoms with Gasteiger partial charge in [0, 0.05) is 31.3 Å². The van der Waals surface area contributed by atoms with Gasteiger partial charge in [0.2, 0.25) is 15.9 Å². The normalized spacial score (nSPS) is 14.5. The average Bonchev–Trinajstić information content (AvgIpc) is 3.33. The minimum atomic E-state index is -3.83. The number of aromatic nitrogens is 2. The lowest BCUT2D eigenvalue weighted by Gasteiger charge is -2.15. The van der Waals surface area contributed by atoms with E-state index in [0.717, 1.165) is 29.6 Å². The van der Waals surface area contributed by atoms with Crippen LogP contribution in [0.2, 0.25) is 0 Å². The fourth-order valence-electron chi connectivity index (χ4n) is 4.12. The lowest BCUT2D eigenvalue weighted by molar-refractivity contribution is -0.116. The monoisotopic (exact) mass is 486 g/mol. The summed E-state index contributed by atoms with van der Waals surface area (Å²) in [7, 11) is -3.83. The first-order valence-corrected chi connectivity index (χ1v) is 13.2. The van der Waals surface area contributed by atoms with Gasteiger partial charge in [-0.2, -0.15) is 0 Å². The summed E-state index contributed by atoms with van der Waals surface area (Å²) in [6, 6.07) is 10.1. The molecule has 0 fully saturated rings. The number of ketones is 1. The molecule has 0 saturated heterocycles. The third-order valence-corrected chi connectivity index (χ3v) is 7.75. The predicted octanol–water partition coefficient (Wildman–Crippen LogP) is 3.37. The SMILES string of the molecule is CCCn1c(SC(C)C(=O)c2ccc3c(c2)CCN3C(C)=O)nc2cc(S(N)(=O)=O)ccc21. The number of Topliss-reactive ketones (excluding diaryl/α,β-unsaturated/α-hetero) is 1. The van der Waals surface area contributed by atoms with Crippen LogP contribution in [0.25, 0.3) is 11.0 Å². The third-order valence-electron chi connectivity index (χ3n) is 5.75. The van der Waals surface area contributed by atoms with Crippen LogP contribution >= 0.6 is 11.8 Å². The highest BCUT2D eigenvalue weighted by atomic mass is 32.2. The maximum atomic E-state index is 13.2. The fraction of sp³-hybridized carbons (Fsp3) is 0.348. The van der Waals surface area contributed by atoms with Gasteiger partial charge in [0.05, 0.1) is 21.2 Å². The van der Waals surface area contributed by atoms with Gasteiger partial charge in [0.1, 0.15) is 0 Å². The topological polar surface area (TPSA) is 115 Å². The van der Waals surface area contributed by atoms with Crippen molar-refractivity contribution in [3.63, 3.8) is 0 Å². The molecule has 4 rings (SSSR count). The highest BCUT2D eigenvalue weighted by Crippen LogP contribution is 2.33. The standard InChI is InChI=1S/C23H26N4O4S2/c1-4-10-27-21-8-6-18(33(24,30)31)13-19(21)25-23(27)32-14(2)22(29)17-5-7-20-16(12-17)9-11-26(20)15(3)28/h5-8,12-14H,4,9-11H2,1-3H3,(H2,24,30,31). The number of imidazole rings is 1. The summed E-state index contributed by atoms with van der Waals surface area (Å²) < 4.78 is 25.5. The molecule has 10 heteroatoms. The summed E-state index contributed by atoms with van der Waals surface area (Å²) in [6.07, 6.45) is 1.59. The van der Waals surface area contributed by atoms with Gasteiger partial charge in [0.15, 0.2) is 10.9 Å². The number of hydrogen-bond donors (Lipinski definition) is 1. The largest absolute Gasteiger partial charge is 0.319 e. The molecule has 33 heavy (non-hydrogen) atoms. The fourth-order valence-corrected chi connectivity index (χ4v) is 5.68. The lowest BCUT2D eigenvalue weighted by Crippen LogP contribution is -2.25. The zero-order valence-electron chi connectivity index (χ0n) is 18.7. The predicted molar refractivity (Wildman–Crippen MR) is 129 cm³/mol. The molecule has 3 aromatic rings. The Labute approximate surface area is 197 Å². The van der Waals surface area contributed by atoms with E-state index in [-0.39, 0.29) is 16.6 Å². The van der Waals surface area contributed by atoms with Gasteiger partial charge >= 0.3 is 0 Å². The number of carbonyl (C=O) groups excluding carboxylic acids is 2. The van der Waals surface area contributed by atoms with E-state index >= 15 is 0 Å². The summed E-state index contributed by atoms with van der Waals surface area (Å²) in [5, 5.41) is 5.52. The second-order valence-corrected chi connectivity index (χ2v) is 11.0. The molecule has 0 spiro atoms. The molecule has 2 heterocycles. The van der Waals surface area contributed by atoms with Crippen molar-refractivity contribution in [2.24, 2.45) is 5.14 Å². The van der Waals surface area contributed by atoms with Crippen molar-refractivity contribution in [3.05, 3.63) is 47.5 Å². The maximum Gasteiger partial charge on any atom is 0.238 e. The first-order chi connectivity index (χ1) is 15.6. The van der Waals surface area contributed by atoms with Crippen LogP contribution in [0.1, 0.15) is 43.1 Å². The summed E-state index contributed by atoms with van der Waals surface area (Å²) in [5.74, 6) is -0.0263. The van der Waals surface area contributed by atoms with Gasteiger partial charge in [-0.05, 0) is 61.7 Å². The molecular formula is C23H26N4O4S2. The smallest absolute Gasteiger partial charge is 0.238 e. The van der Waals surface area contributed by atoms with E-state index < -0.39 is 15.3 Å². The molecule has 2 aromatic carbocycles. The lowest BCUT2D eigenvalue weighted by atomic mass is 10.0. The number of rotatable bonds is 7. The summed E-state index contributed by atoms with van der Waals surface area (Å²) in [5.41, 5.74) is 3.80. The van der Waals surface area contributed by atoms with Gasteiger partial charge in [-0.1, -0.05) is 18.7 Å². The molecule has 0 radical (unpaired) electrons. The Morgan fingerprint density at radius 1 is 1.21 bits per heavy atom. The van der Waals surface area contributed by atoms with Crippen molar-refractivity contribution in [1.82, 2.24) is 9.55 Å². The van der Waals surface area contributed by atoms with Crippen molar-refractivity contribution in [2.45, 2.75) is 55.5 Å². The van der Waals surface area contributed by atoms with E-state index in [1.165, 1.54) is 23.9 Å². The number of benzene rings is 2. The van der Waals surface area contributed by atoms with Crippen molar-refractivity contribution in [1.29, 1.82) is 0 Å². The Hall–Kier alpha value is -2.69. The molecule has 0 saturated carbocycles. The van der Waals surface area contributed by atoms with Crippen LogP contribution in [0.5, 0.6) is 0 Å². The zero-order valence-corrected chi connectivity index (χ0v) is 20.4. The number of primary sulfonamides is 1. The Morgan fingerprint density at radius 2 is 1.97 bits per heavy atom. The van der Waals surface area contributed by atoms with E-state index in [4.69, 9.17) is 5.14 Å². The Balaban J connectivity index is 1.62. The van der Waals surface area contributed by atoms with Crippen molar-refractivity contribution in [2.75, 3.05) is 11.4 Å². The molecular weight excluding hydrogens is 460 g/mol. The zero-order chi connectivity index (χ0) is 23.9. The molecule has 8 nitrogen and oxygen atoms in total. The molecule has 1 atom stereocenters. The van der Waals surface area contributed by atoms with Crippen LogP contribution in [0.3, 0.4) is 0 Å². The summed E-state index contributed by atoms with van der Waals surface area (Å²) in [6.45, 7) is 6.75. The van der Waals surface area contributed by atoms with Crippen molar-refractivity contribution in [3.8, 4) is 0 Å². The molecule has 2 N–H and O–H groups in total. The van der Waals surface area contributed by atoms with Crippen molar-refractivity contribution < 1.29 is 18.0 Å². The second-order valence-electron chi connectivity index (χ2n) is 8.13. The number of thioether (sulfide) groups is 1. The first kappa shape index (κ1) is 23.5. The quantitative estimate of drug-likeness (QED) is 0.404. The summed E-state index contributed by atoms with van der Waals surface area (Å²) >= 11 is 1.35. The Morgan fingerprint density at radius 3 is 2.64 bits per heavy atom. The van der Waals surface area contributed by atoms with E-state index in [0.29, 0.717) is 29.3 Å². The summed E-state index contributed by atoms with van der Waals surface area (Å²) in [4.78, 5) is 31.3. The number of fused-ring (bicyclic) bond motifs is 2. The van der Waals surface area contributed by atoms with Gasteiger partial charge in [-0.25, -0.2) is 18.5 Å². The third kappa shape index (κ3) is 4.55. The minimum Gasteiger partial charge on any atom is -0.319 e. The minimum absolute atomic E-state index is 0.00262. The number of nitrogens with zero attached hydrogens (tertiary/aromatic N) is 3. The number of amides is 1. The van der Waals surface area contributed by atoms with E-state index in [9.17, 15) is 18.0 Å². The van der Waals surface area contributed by atoms with Crippen LogP contribution in [0, 0.1) is 0 Å². The van der Waals surface area contributed by atoms with Crippen LogP contribution in [0.4, 0.5) is 5.69 Å². The van der Waals surface area contributed by atoms with Crippen molar-refractivity contribution >= 4 is 50.2 Å². The first-order valence-electron chi connectivity index (χ1n) is 10.7. The Bertz CT molecular complexity index is 1360. The number of sulfonamides is 1. The van der Waals surface area contributed by atoms with Crippen LogP contribution in [-0.2, 0) is 27.8 Å². The molecule has 1 aliphatic rings. The molecule has 1 amide bonds. The number of nitrogens with two attached hydrogens (primary N) is 1. The number of hydrogen-bond acceptors (Lipinski definition) is 6. The van der Waals surface area contributed by atoms with Gasteiger partial charge in [0.25, 0.3) is 0 Å². The van der Waals surface area contributed by atoms with E-state index in [1.54, 1.807) is 24.0 Å². The molecule has 1 aliphatic heterocycles. The number of aryl methyl sites for hydroxylation is 1. The average molecular weight is 487 g/mol.